The molecule has 2 amide bonds. The van der Waals surface area contributed by atoms with Crippen LogP contribution in [0.3, 0.4) is 0 Å². The summed E-state index contributed by atoms with van der Waals surface area (Å²) < 4.78 is 28.3. The zero-order valence-electron chi connectivity index (χ0n) is 20.9. The van der Waals surface area contributed by atoms with Gasteiger partial charge in [0.25, 0.3) is 10.0 Å². The molecule has 194 valence electrons. The number of carbonyl (C=O) groups is 2. The molecule has 0 radical (unpaired) electrons. The molecule has 7 nitrogen and oxygen atoms in total. The Hall–Kier alpha value is -3.36. The highest BCUT2D eigenvalue weighted by Crippen LogP contribution is 2.28. The van der Waals surface area contributed by atoms with Gasteiger partial charge in [-0.25, -0.2) is 8.42 Å². The Balaban J connectivity index is 1.54. The van der Waals surface area contributed by atoms with Gasteiger partial charge in [-0.15, -0.1) is 0 Å². The topological polar surface area (TPSA) is 86.8 Å². The quantitative estimate of drug-likeness (QED) is 0.431. The second-order valence-corrected chi connectivity index (χ2v) is 11.5. The molecule has 1 aliphatic heterocycles. The van der Waals surface area contributed by atoms with Crippen LogP contribution in [0.15, 0.2) is 71.6 Å². The summed E-state index contributed by atoms with van der Waals surface area (Å²) in [6, 6.07) is 19.0. The first kappa shape index (κ1) is 26.7. The summed E-state index contributed by atoms with van der Waals surface area (Å²) >= 11 is 6.30. The number of benzene rings is 3. The Morgan fingerprint density at radius 2 is 1.73 bits per heavy atom. The molecule has 1 saturated heterocycles. The number of aryl methyl sites for hydroxylation is 2. The summed E-state index contributed by atoms with van der Waals surface area (Å²) in [5, 5.41) is 3.26. The maximum atomic E-state index is 13.6. The van der Waals surface area contributed by atoms with Crippen LogP contribution < -0.4 is 9.62 Å². The van der Waals surface area contributed by atoms with Crippen molar-refractivity contribution in [3.8, 4) is 0 Å². The molecule has 0 aliphatic carbocycles. The number of hydrogen-bond acceptors (Lipinski definition) is 4. The number of amides is 2. The zero-order valence-corrected chi connectivity index (χ0v) is 22.5. The Kier molecular flexibility index (Phi) is 8.19. The SMILES string of the molecule is Cc1ccc(S(=O)(=O)N(CC(=O)NCc2ccccc2CN2CCCC2=O)c2ccc(C)c(Cl)c2)cc1. The lowest BCUT2D eigenvalue weighted by molar-refractivity contribution is -0.128. The van der Waals surface area contributed by atoms with Crippen LogP contribution in [0, 0.1) is 13.8 Å². The first-order valence-corrected chi connectivity index (χ1v) is 13.9. The molecule has 0 spiro atoms. The molecule has 1 fully saturated rings. The lowest BCUT2D eigenvalue weighted by atomic mass is 10.1. The van der Waals surface area contributed by atoms with Crippen molar-refractivity contribution in [2.24, 2.45) is 0 Å². The summed E-state index contributed by atoms with van der Waals surface area (Å²) in [5.41, 5.74) is 3.86. The maximum Gasteiger partial charge on any atom is 0.264 e. The fourth-order valence-electron chi connectivity index (χ4n) is 4.23. The number of carbonyl (C=O) groups excluding carboxylic acids is 2. The second-order valence-electron chi connectivity index (χ2n) is 9.22. The first-order chi connectivity index (χ1) is 17.6. The molecule has 3 aromatic rings. The summed E-state index contributed by atoms with van der Waals surface area (Å²) in [7, 11) is -4.04. The van der Waals surface area contributed by atoms with Gasteiger partial charge in [-0.05, 0) is 61.2 Å². The van der Waals surface area contributed by atoms with Crippen molar-refractivity contribution in [1.29, 1.82) is 0 Å². The number of halogens is 1. The van der Waals surface area contributed by atoms with Crippen molar-refractivity contribution < 1.29 is 18.0 Å². The Morgan fingerprint density at radius 3 is 2.38 bits per heavy atom. The van der Waals surface area contributed by atoms with E-state index in [2.05, 4.69) is 5.32 Å². The van der Waals surface area contributed by atoms with Crippen LogP contribution in [0.5, 0.6) is 0 Å². The minimum absolute atomic E-state index is 0.0863. The fraction of sp³-hybridized carbons (Fsp3) is 0.286. The van der Waals surface area contributed by atoms with Crippen LogP contribution in [0.4, 0.5) is 5.69 Å². The van der Waals surface area contributed by atoms with Crippen LogP contribution in [0.2, 0.25) is 5.02 Å². The van der Waals surface area contributed by atoms with E-state index in [9.17, 15) is 18.0 Å². The van der Waals surface area contributed by atoms with E-state index in [1.165, 1.54) is 12.1 Å². The van der Waals surface area contributed by atoms with Crippen molar-refractivity contribution in [1.82, 2.24) is 10.2 Å². The average Bonchev–Trinajstić information content (AvgIpc) is 3.28. The third-order valence-electron chi connectivity index (χ3n) is 6.47. The number of nitrogens with zero attached hydrogens (tertiary/aromatic N) is 2. The second kappa shape index (κ2) is 11.4. The smallest absolute Gasteiger partial charge is 0.264 e. The van der Waals surface area contributed by atoms with E-state index < -0.39 is 22.5 Å². The maximum absolute atomic E-state index is 13.6. The summed E-state index contributed by atoms with van der Waals surface area (Å²) in [4.78, 5) is 27.1. The third kappa shape index (κ3) is 6.32. The highest BCUT2D eigenvalue weighted by Gasteiger charge is 2.28. The molecule has 1 heterocycles. The van der Waals surface area contributed by atoms with E-state index in [4.69, 9.17) is 11.6 Å². The Labute approximate surface area is 223 Å². The molecule has 0 saturated carbocycles. The van der Waals surface area contributed by atoms with E-state index >= 15 is 0 Å². The molecule has 0 unspecified atom stereocenters. The number of sulfonamides is 1. The van der Waals surface area contributed by atoms with E-state index in [1.54, 1.807) is 30.3 Å². The molecule has 3 aromatic carbocycles. The average molecular weight is 540 g/mol. The number of likely N-dealkylation sites (tertiary alicyclic amines) is 1. The Bertz CT molecular complexity index is 1410. The monoisotopic (exact) mass is 539 g/mol. The molecule has 1 N–H and O–H groups in total. The summed E-state index contributed by atoms with van der Waals surface area (Å²) in [5.74, 6) is -0.327. The molecule has 0 atom stereocenters. The number of nitrogens with one attached hydrogen (secondary N) is 1. The standard InChI is InChI=1S/C28H30ClN3O4S/c1-20-9-13-25(14-10-20)37(35,36)32(24-12-11-21(2)26(29)16-24)19-27(33)30-17-22-6-3-4-7-23(22)18-31-15-5-8-28(31)34/h3-4,6-7,9-14,16H,5,8,15,17-19H2,1-2H3,(H,30,33). The third-order valence-corrected chi connectivity index (χ3v) is 8.66. The van der Waals surface area contributed by atoms with Gasteiger partial charge in [0.05, 0.1) is 10.6 Å². The van der Waals surface area contributed by atoms with E-state index in [-0.39, 0.29) is 17.3 Å². The van der Waals surface area contributed by atoms with Gasteiger partial charge in [-0.3, -0.25) is 13.9 Å². The molecular formula is C28H30ClN3O4S. The van der Waals surface area contributed by atoms with Gasteiger partial charge < -0.3 is 10.2 Å². The number of hydrogen-bond donors (Lipinski definition) is 1. The van der Waals surface area contributed by atoms with Gasteiger partial charge in [-0.1, -0.05) is 59.6 Å². The Morgan fingerprint density at radius 1 is 1.03 bits per heavy atom. The fourth-order valence-corrected chi connectivity index (χ4v) is 5.82. The first-order valence-electron chi connectivity index (χ1n) is 12.1. The van der Waals surface area contributed by atoms with Gasteiger partial charge in [0.1, 0.15) is 6.54 Å². The lowest BCUT2D eigenvalue weighted by Gasteiger charge is -2.25. The van der Waals surface area contributed by atoms with Crippen molar-refractivity contribution in [2.75, 3.05) is 17.4 Å². The molecule has 0 bridgehead atoms. The van der Waals surface area contributed by atoms with Crippen LogP contribution in [0.25, 0.3) is 0 Å². The minimum atomic E-state index is -4.04. The molecule has 0 aromatic heterocycles. The van der Waals surface area contributed by atoms with Crippen LogP contribution >= 0.6 is 11.6 Å². The van der Waals surface area contributed by atoms with Gasteiger partial charge in [0, 0.05) is 31.1 Å². The van der Waals surface area contributed by atoms with Gasteiger partial charge in [0.2, 0.25) is 11.8 Å². The summed E-state index contributed by atoms with van der Waals surface area (Å²) in [6.07, 6.45) is 1.42. The van der Waals surface area contributed by atoms with Crippen molar-refractivity contribution in [3.63, 3.8) is 0 Å². The van der Waals surface area contributed by atoms with E-state index in [0.29, 0.717) is 23.7 Å². The highest BCUT2D eigenvalue weighted by atomic mass is 35.5. The van der Waals surface area contributed by atoms with Crippen LogP contribution in [-0.4, -0.2) is 38.2 Å². The van der Waals surface area contributed by atoms with Crippen LogP contribution in [-0.2, 0) is 32.7 Å². The number of rotatable bonds is 9. The lowest BCUT2D eigenvalue weighted by Crippen LogP contribution is -2.40. The molecule has 1 aliphatic rings. The van der Waals surface area contributed by atoms with Gasteiger partial charge in [0.15, 0.2) is 0 Å². The van der Waals surface area contributed by atoms with Crippen LogP contribution in [0.1, 0.15) is 35.1 Å². The zero-order chi connectivity index (χ0) is 26.6. The predicted molar refractivity (Wildman–Crippen MR) is 145 cm³/mol. The molecule has 4 rings (SSSR count). The predicted octanol–water partition coefficient (Wildman–Crippen LogP) is 4.59. The van der Waals surface area contributed by atoms with Crippen molar-refractivity contribution in [3.05, 3.63) is 94.0 Å². The normalized spacial score (nSPS) is 13.6. The van der Waals surface area contributed by atoms with E-state index in [0.717, 1.165) is 39.5 Å². The van der Waals surface area contributed by atoms with Gasteiger partial charge in [-0.2, -0.15) is 0 Å². The molecule has 37 heavy (non-hydrogen) atoms. The minimum Gasteiger partial charge on any atom is -0.350 e. The van der Waals surface area contributed by atoms with Gasteiger partial charge >= 0.3 is 0 Å². The van der Waals surface area contributed by atoms with Crippen molar-refractivity contribution in [2.45, 2.75) is 44.7 Å². The largest absolute Gasteiger partial charge is 0.350 e. The van der Waals surface area contributed by atoms with E-state index in [1.807, 2.05) is 43.0 Å². The highest BCUT2D eigenvalue weighted by molar-refractivity contribution is 7.92. The number of anilines is 1. The molecular weight excluding hydrogens is 510 g/mol. The van der Waals surface area contributed by atoms with Crippen molar-refractivity contribution >= 4 is 39.1 Å². The summed E-state index contributed by atoms with van der Waals surface area (Å²) in [6.45, 7) is 4.71. The molecule has 9 heteroatoms.